The summed E-state index contributed by atoms with van der Waals surface area (Å²) in [5, 5.41) is 12.8. The van der Waals surface area contributed by atoms with Gasteiger partial charge in [0.2, 0.25) is 5.91 Å². The fourth-order valence-electron chi connectivity index (χ4n) is 3.34. The maximum Gasteiger partial charge on any atom is 0.245 e. The highest BCUT2D eigenvalue weighted by atomic mass is 16.5. The van der Waals surface area contributed by atoms with Crippen molar-refractivity contribution in [2.75, 3.05) is 36.5 Å². The molecule has 8 heteroatoms. The van der Waals surface area contributed by atoms with E-state index in [0.717, 1.165) is 18.6 Å². The van der Waals surface area contributed by atoms with Gasteiger partial charge in [0.15, 0.2) is 11.6 Å². The molecule has 0 spiro atoms. The summed E-state index contributed by atoms with van der Waals surface area (Å²) < 4.78 is 5.45. The number of carbonyl (C=O) groups excluding carboxylic acids is 1. The Balaban J connectivity index is 0.00000225. The molecule has 4 rings (SSSR count). The van der Waals surface area contributed by atoms with E-state index in [2.05, 4.69) is 15.3 Å². The average molecular weight is 371 g/mol. The Morgan fingerprint density at radius 3 is 2.89 bits per heavy atom. The summed E-state index contributed by atoms with van der Waals surface area (Å²) in [6.45, 7) is 5.85. The third-order valence-electron chi connectivity index (χ3n) is 4.83. The summed E-state index contributed by atoms with van der Waals surface area (Å²) in [4.78, 5) is 27.5. The third-order valence-corrected chi connectivity index (χ3v) is 4.83. The van der Waals surface area contributed by atoms with Crippen molar-refractivity contribution >= 4 is 17.5 Å². The highest BCUT2D eigenvalue weighted by Gasteiger charge is 2.28. The van der Waals surface area contributed by atoms with Crippen molar-refractivity contribution in [3.8, 4) is 11.3 Å². The van der Waals surface area contributed by atoms with E-state index in [1.54, 1.807) is 32.3 Å². The summed E-state index contributed by atoms with van der Waals surface area (Å²) in [6, 6.07) is 3.65. The van der Waals surface area contributed by atoms with E-state index in [1.165, 1.54) is 0 Å². The molecule has 1 saturated heterocycles. The maximum absolute atomic E-state index is 12.0. The second-order valence-corrected chi connectivity index (χ2v) is 7.58. The molecule has 27 heavy (non-hydrogen) atoms. The van der Waals surface area contributed by atoms with Gasteiger partial charge in [-0.25, -0.2) is 9.97 Å². The molecule has 1 amide bonds. The lowest BCUT2D eigenvalue weighted by atomic mass is 10.0. The van der Waals surface area contributed by atoms with E-state index in [0.29, 0.717) is 42.1 Å². The van der Waals surface area contributed by atoms with Crippen LogP contribution in [0.3, 0.4) is 0 Å². The average Bonchev–Trinajstić information content (AvgIpc) is 3.14. The normalized spacial score (nSPS) is 19.7. The van der Waals surface area contributed by atoms with Gasteiger partial charge < -0.3 is 20.1 Å². The van der Waals surface area contributed by atoms with Gasteiger partial charge in [-0.3, -0.25) is 9.78 Å². The number of anilines is 2. The standard InChI is InChI=1S/C19H23N5O3.H2/c1-19(2,26)15-4-3-13(7-20-15)14-8-21-17-18(22-14)24(10-16(25)23-17)9-12-5-6-27-11-12;/h3-4,7-8,12,26H,5-6,9-11H2,1-2H3,(H,21,23,25);1H. The second kappa shape index (κ2) is 6.86. The highest BCUT2D eigenvalue weighted by Crippen LogP contribution is 2.30. The number of hydrogen-bond donors (Lipinski definition) is 2. The lowest BCUT2D eigenvalue weighted by molar-refractivity contribution is -0.115. The predicted molar refractivity (Wildman–Crippen MR) is 102 cm³/mol. The second-order valence-electron chi connectivity index (χ2n) is 7.58. The van der Waals surface area contributed by atoms with Gasteiger partial charge in [-0.05, 0) is 32.4 Å². The number of rotatable bonds is 4. The van der Waals surface area contributed by atoms with E-state index in [-0.39, 0.29) is 13.9 Å². The summed E-state index contributed by atoms with van der Waals surface area (Å²) in [5.74, 6) is 1.46. The van der Waals surface area contributed by atoms with Crippen molar-refractivity contribution in [2.45, 2.75) is 25.9 Å². The summed E-state index contributed by atoms with van der Waals surface area (Å²) >= 11 is 0. The number of hydrogen-bond acceptors (Lipinski definition) is 7. The smallest absolute Gasteiger partial charge is 0.245 e. The molecule has 0 aromatic carbocycles. The van der Waals surface area contributed by atoms with Gasteiger partial charge in [-0.15, -0.1) is 0 Å². The van der Waals surface area contributed by atoms with Gasteiger partial charge in [-0.2, -0.15) is 0 Å². The first-order valence-corrected chi connectivity index (χ1v) is 9.09. The Morgan fingerprint density at radius 1 is 1.37 bits per heavy atom. The van der Waals surface area contributed by atoms with Crippen LogP contribution in [0.15, 0.2) is 24.5 Å². The number of amides is 1. The lowest BCUT2D eigenvalue weighted by Crippen LogP contribution is -2.42. The van der Waals surface area contributed by atoms with Crippen LogP contribution in [0.25, 0.3) is 11.3 Å². The van der Waals surface area contributed by atoms with Crippen molar-refractivity contribution in [2.24, 2.45) is 5.92 Å². The predicted octanol–water partition coefficient (Wildman–Crippen LogP) is 1.81. The number of fused-ring (bicyclic) bond motifs is 1. The molecule has 8 nitrogen and oxygen atoms in total. The van der Waals surface area contributed by atoms with Gasteiger partial charge in [0.1, 0.15) is 5.60 Å². The van der Waals surface area contributed by atoms with E-state index in [9.17, 15) is 9.90 Å². The molecule has 2 aromatic rings. The molecule has 2 N–H and O–H groups in total. The van der Waals surface area contributed by atoms with Crippen molar-refractivity contribution in [3.63, 3.8) is 0 Å². The molecule has 2 aliphatic heterocycles. The first kappa shape index (κ1) is 17.8. The number of pyridine rings is 1. The number of nitrogens with one attached hydrogen (secondary N) is 1. The molecule has 1 unspecified atom stereocenters. The lowest BCUT2D eigenvalue weighted by Gasteiger charge is -2.30. The topological polar surface area (TPSA) is 100 Å². The quantitative estimate of drug-likeness (QED) is 0.845. The van der Waals surface area contributed by atoms with Crippen LogP contribution in [0.5, 0.6) is 0 Å². The Bertz CT molecular complexity index is 848. The fourth-order valence-corrected chi connectivity index (χ4v) is 3.34. The van der Waals surface area contributed by atoms with E-state index in [1.807, 2.05) is 11.0 Å². The summed E-state index contributed by atoms with van der Waals surface area (Å²) in [7, 11) is 0. The van der Waals surface area contributed by atoms with E-state index < -0.39 is 5.60 Å². The molecule has 1 fully saturated rings. The third kappa shape index (κ3) is 3.77. The van der Waals surface area contributed by atoms with Crippen molar-refractivity contribution < 1.29 is 16.1 Å². The number of nitrogens with zero attached hydrogens (tertiary/aromatic N) is 4. The zero-order valence-corrected chi connectivity index (χ0v) is 15.5. The van der Waals surface area contributed by atoms with Gasteiger partial charge in [0.05, 0.1) is 30.7 Å². The zero-order valence-electron chi connectivity index (χ0n) is 15.5. The molecular formula is C19H25N5O3. The zero-order chi connectivity index (χ0) is 19.0. The molecule has 144 valence electrons. The monoisotopic (exact) mass is 371 g/mol. The van der Waals surface area contributed by atoms with Crippen LogP contribution in [0.1, 0.15) is 27.4 Å². The molecule has 2 aliphatic rings. The van der Waals surface area contributed by atoms with E-state index in [4.69, 9.17) is 9.72 Å². The van der Waals surface area contributed by atoms with Crippen molar-refractivity contribution in [3.05, 3.63) is 30.2 Å². The van der Waals surface area contributed by atoms with Gasteiger partial charge in [-0.1, -0.05) is 0 Å². The van der Waals surface area contributed by atoms with Crippen molar-refractivity contribution in [1.82, 2.24) is 15.0 Å². The SMILES string of the molecule is CC(C)(O)c1ccc(-c2cnc3c(n2)N(CC2CCOC2)CC(=O)N3)cn1.[HH]. The Hall–Kier alpha value is -2.58. The number of aromatic nitrogens is 3. The molecule has 0 saturated carbocycles. The van der Waals surface area contributed by atoms with Crippen LogP contribution in [-0.4, -0.2) is 52.3 Å². The molecule has 4 heterocycles. The number of aliphatic hydroxyl groups is 1. The minimum Gasteiger partial charge on any atom is -0.384 e. The minimum absolute atomic E-state index is 0. The van der Waals surface area contributed by atoms with Gasteiger partial charge >= 0.3 is 0 Å². The molecule has 2 aromatic heterocycles. The largest absolute Gasteiger partial charge is 0.384 e. The minimum atomic E-state index is -0.996. The first-order chi connectivity index (χ1) is 12.9. The molecular weight excluding hydrogens is 346 g/mol. The molecule has 1 atom stereocenters. The van der Waals surface area contributed by atoms with Crippen LogP contribution >= 0.6 is 0 Å². The molecule has 0 radical (unpaired) electrons. The number of carbonyl (C=O) groups is 1. The van der Waals surface area contributed by atoms with Crippen LogP contribution < -0.4 is 10.2 Å². The van der Waals surface area contributed by atoms with Crippen LogP contribution in [0.4, 0.5) is 11.6 Å². The van der Waals surface area contributed by atoms with Crippen LogP contribution in [0.2, 0.25) is 0 Å². The summed E-state index contributed by atoms with van der Waals surface area (Å²) in [5.41, 5.74) is 1.07. The molecule has 0 aliphatic carbocycles. The first-order valence-electron chi connectivity index (χ1n) is 9.09. The van der Waals surface area contributed by atoms with E-state index >= 15 is 0 Å². The molecule has 0 bridgehead atoms. The van der Waals surface area contributed by atoms with Gasteiger partial charge in [0, 0.05) is 32.3 Å². The van der Waals surface area contributed by atoms with Crippen molar-refractivity contribution in [1.29, 1.82) is 0 Å². The maximum atomic E-state index is 12.0. The Kier molecular flexibility index (Phi) is 4.53. The highest BCUT2D eigenvalue weighted by molar-refractivity contribution is 5.99. The van der Waals surface area contributed by atoms with Gasteiger partial charge in [0.25, 0.3) is 0 Å². The Morgan fingerprint density at radius 2 is 2.22 bits per heavy atom. The summed E-state index contributed by atoms with van der Waals surface area (Å²) in [6.07, 6.45) is 4.30. The van der Waals surface area contributed by atoms with Crippen LogP contribution in [-0.2, 0) is 15.1 Å². The fraction of sp³-hybridized carbons (Fsp3) is 0.474. The van der Waals surface area contributed by atoms with Crippen LogP contribution in [0, 0.1) is 5.92 Å². The Labute approximate surface area is 159 Å². The number of ether oxygens (including phenoxy) is 1.